The molecule has 5 heteroatoms. The molecule has 0 fully saturated rings. The van der Waals surface area contributed by atoms with Gasteiger partial charge in [0, 0.05) is 6.42 Å². The Morgan fingerprint density at radius 3 is 1.78 bits per heavy atom. The summed E-state index contributed by atoms with van der Waals surface area (Å²) in [5, 5.41) is 8.50. The van der Waals surface area contributed by atoms with Crippen molar-refractivity contribution >= 4 is 5.97 Å². The van der Waals surface area contributed by atoms with Crippen LogP contribution in [-0.2, 0) is 4.79 Å². The zero-order valence-corrected chi connectivity index (χ0v) is 15.0. The molecule has 0 bridgehead atoms. The van der Waals surface area contributed by atoms with Gasteiger partial charge in [-0.2, -0.15) is 0 Å². The highest BCUT2D eigenvalue weighted by molar-refractivity contribution is 5.66. The first-order valence-corrected chi connectivity index (χ1v) is 7.94. The third-order valence-electron chi connectivity index (χ3n) is 3.04. The molecule has 0 aliphatic carbocycles. The van der Waals surface area contributed by atoms with Gasteiger partial charge in [0.2, 0.25) is 0 Å². The lowest BCUT2D eigenvalue weighted by Gasteiger charge is -1.98. The molecule has 0 radical (unpaired) electrons. The van der Waals surface area contributed by atoms with Gasteiger partial charge in [-0.3, -0.25) is 4.79 Å². The number of unbranched alkanes of at least 4 members (excludes halogenated alkanes) is 5. The number of hydrogen-bond acceptors (Lipinski definition) is 4. The van der Waals surface area contributed by atoms with Crippen LogP contribution in [0.25, 0.3) is 0 Å². The van der Waals surface area contributed by atoms with E-state index in [0.29, 0.717) is 6.42 Å². The zero-order valence-electron chi connectivity index (χ0n) is 15.0. The second-order valence-electron chi connectivity index (χ2n) is 4.99. The number of aliphatic carboxylic acids is 1. The summed E-state index contributed by atoms with van der Waals surface area (Å²) in [5.41, 5.74) is 0. The van der Waals surface area contributed by atoms with E-state index >= 15 is 0 Å². The monoisotopic (exact) mass is 329 g/mol. The molecule has 0 atom stereocenters. The molecule has 0 saturated carbocycles. The van der Waals surface area contributed by atoms with E-state index in [1.165, 1.54) is 12.8 Å². The van der Waals surface area contributed by atoms with Crippen molar-refractivity contribution in [3.8, 4) is 0 Å². The number of carboxylic acid groups (broad SMARTS) is 1. The molecule has 0 spiro atoms. The molecule has 0 rings (SSSR count). The van der Waals surface area contributed by atoms with Gasteiger partial charge in [-0.15, -0.1) is 0 Å². The summed E-state index contributed by atoms with van der Waals surface area (Å²) in [4.78, 5) is 10.3. The molecule has 0 aromatic carbocycles. The fourth-order valence-corrected chi connectivity index (χ4v) is 1.90. The highest BCUT2D eigenvalue weighted by atomic mass is 16.4. The van der Waals surface area contributed by atoms with E-state index in [1.54, 1.807) is 0 Å². The van der Waals surface area contributed by atoms with Gasteiger partial charge in [-0.1, -0.05) is 62.6 Å². The van der Waals surface area contributed by atoms with Crippen molar-refractivity contribution < 1.29 is 9.90 Å². The SMILES string of the molecule is CC/C=C\C/C=C\C/C=C\CCCCCCCC(=O)O.N.N.N. The molecule has 0 aromatic heterocycles. The minimum Gasteiger partial charge on any atom is -0.481 e. The summed E-state index contributed by atoms with van der Waals surface area (Å²) < 4.78 is 0. The first-order chi connectivity index (χ1) is 9.77. The second kappa shape index (κ2) is 25.5. The predicted octanol–water partition coefficient (Wildman–Crippen LogP) is 6.15. The predicted molar refractivity (Wildman–Crippen MR) is 102 cm³/mol. The van der Waals surface area contributed by atoms with Crippen LogP contribution in [-0.4, -0.2) is 11.1 Å². The maximum absolute atomic E-state index is 10.3. The molecule has 0 aromatic rings. The van der Waals surface area contributed by atoms with Crippen molar-refractivity contribution in [1.29, 1.82) is 0 Å². The average molecular weight is 330 g/mol. The maximum atomic E-state index is 10.3. The topological polar surface area (TPSA) is 142 Å². The standard InChI is InChI=1S/C18H30O2.3H3N/c1-2-3-4-5-6-7-8-9-10-11-12-13-14-15-16-17-18(19)20;;;/h3-4,6-7,9-10H,2,5,8,11-17H2,1H3,(H,19,20);3*1H3/b4-3-,7-6-,10-9-;;;. The van der Waals surface area contributed by atoms with Crippen LogP contribution in [0, 0.1) is 0 Å². The Balaban J connectivity index is -0.000000602. The normalized spacial score (nSPS) is 10.5. The van der Waals surface area contributed by atoms with Gasteiger partial charge < -0.3 is 23.6 Å². The van der Waals surface area contributed by atoms with E-state index in [4.69, 9.17) is 5.11 Å². The van der Waals surface area contributed by atoms with Crippen LogP contribution in [0.1, 0.15) is 71.1 Å². The minimum atomic E-state index is -0.675. The summed E-state index contributed by atoms with van der Waals surface area (Å²) in [7, 11) is 0. The Morgan fingerprint density at radius 1 is 0.739 bits per heavy atom. The molecule has 23 heavy (non-hydrogen) atoms. The lowest BCUT2D eigenvalue weighted by atomic mass is 10.1. The van der Waals surface area contributed by atoms with Crippen LogP contribution in [0.4, 0.5) is 0 Å². The van der Waals surface area contributed by atoms with Gasteiger partial charge in [0.25, 0.3) is 0 Å². The summed E-state index contributed by atoms with van der Waals surface area (Å²) in [6.07, 6.45) is 23.4. The lowest BCUT2D eigenvalue weighted by Crippen LogP contribution is -1.93. The molecule has 0 saturated heterocycles. The lowest BCUT2D eigenvalue weighted by molar-refractivity contribution is -0.137. The van der Waals surface area contributed by atoms with Gasteiger partial charge in [0.05, 0.1) is 0 Å². The van der Waals surface area contributed by atoms with E-state index in [-0.39, 0.29) is 18.5 Å². The largest absolute Gasteiger partial charge is 0.481 e. The summed E-state index contributed by atoms with van der Waals surface area (Å²) >= 11 is 0. The van der Waals surface area contributed by atoms with Crippen molar-refractivity contribution in [3.63, 3.8) is 0 Å². The van der Waals surface area contributed by atoms with Gasteiger partial charge in [-0.05, 0) is 38.5 Å². The van der Waals surface area contributed by atoms with Crippen LogP contribution in [0.2, 0.25) is 0 Å². The number of hydrogen-bond donors (Lipinski definition) is 4. The van der Waals surface area contributed by atoms with Crippen LogP contribution >= 0.6 is 0 Å². The smallest absolute Gasteiger partial charge is 0.303 e. The van der Waals surface area contributed by atoms with E-state index in [1.807, 2.05) is 0 Å². The van der Waals surface area contributed by atoms with Crippen molar-refractivity contribution in [2.45, 2.75) is 71.1 Å². The van der Waals surface area contributed by atoms with Crippen molar-refractivity contribution in [3.05, 3.63) is 36.5 Å². The molecular formula is C18H39N3O2. The number of carbonyl (C=O) groups is 1. The van der Waals surface area contributed by atoms with Crippen LogP contribution < -0.4 is 18.5 Å². The Bertz CT molecular complexity index is 313. The molecule has 138 valence electrons. The number of carboxylic acids is 1. The average Bonchev–Trinajstić information content (AvgIpc) is 2.43. The fraction of sp³-hybridized carbons (Fsp3) is 0.611. The Kier molecular flexibility index (Phi) is 32.8. The molecular weight excluding hydrogens is 290 g/mol. The maximum Gasteiger partial charge on any atom is 0.303 e. The molecule has 0 heterocycles. The van der Waals surface area contributed by atoms with E-state index in [0.717, 1.165) is 44.9 Å². The molecule has 0 aliphatic rings. The zero-order chi connectivity index (χ0) is 14.9. The molecule has 5 nitrogen and oxygen atoms in total. The summed E-state index contributed by atoms with van der Waals surface area (Å²) in [6, 6.07) is 0. The molecule has 0 amide bonds. The third-order valence-corrected chi connectivity index (χ3v) is 3.04. The van der Waals surface area contributed by atoms with E-state index < -0.39 is 5.97 Å². The molecule has 0 unspecified atom stereocenters. The third kappa shape index (κ3) is 29.3. The Labute approximate surface area is 142 Å². The Hall–Kier alpha value is -1.43. The van der Waals surface area contributed by atoms with Gasteiger partial charge in [0.15, 0.2) is 0 Å². The first kappa shape index (κ1) is 29.6. The van der Waals surface area contributed by atoms with E-state index in [9.17, 15) is 4.79 Å². The number of allylic oxidation sites excluding steroid dienone is 6. The summed E-state index contributed by atoms with van der Waals surface area (Å²) in [6.45, 7) is 2.15. The second-order valence-corrected chi connectivity index (χ2v) is 4.99. The van der Waals surface area contributed by atoms with Crippen molar-refractivity contribution in [1.82, 2.24) is 18.5 Å². The van der Waals surface area contributed by atoms with Crippen LogP contribution in [0.5, 0.6) is 0 Å². The Morgan fingerprint density at radius 2 is 1.22 bits per heavy atom. The highest BCUT2D eigenvalue weighted by Gasteiger charge is 1.95. The van der Waals surface area contributed by atoms with Crippen molar-refractivity contribution in [2.75, 3.05) is 0 Å². The van der Waals surface area contributed by atoms with E-state index in [2.05, 4.69) is 43.4 Å². The molecule has 10 N–H and O–H groups in total. The molecule has 0 aliphatic heterocycles. The van der Waals surface area contributed by atoms with Crippen LogP contribution in [0.3, 0.4) is 0 Å². The van der Waals surface area contributed by atoms with Gasteiger partial charge in [-0.25, -0.2) is 0 Å². The highest BCUT2D eigenvalue weighted by Crippen LogP contribution is 2.07. The van der Waals surface area contributed by atoms with Gasteiger partial charge >= 0.3 is 5.97 Å². The summed E-state index contributed by atoms with van der Waals surface area (Å²) in [5.74, 6) is -0.675. The fourth-order valence-electron chi connectivity index (χ4n) is 1.90. The van der Waals surface area contributed by atoms with Crippen molar-refractivity contribution in [2.24, 2.45) is 0 Å². The number of rotatable bonds is 13. The quantitative estimate of drug-likeness (QED) is 0.237. The minimum absolute atomic E-state index is 0. The first-order valence-electron chi connectivity index (χ1n) is 7.94. The van der Waals surface area contributed by atoms with Gasteiger partial charge in [0.1, 0.15) is 0 Å². The van der Waals surface area contributed by atoms with Crippen LogP contribution in [0.15, 0.2) is 36.5 Å².